The number of aliphatic hydroxyl groups is 1. The zero-order valence-electron chi connectivity index (χ0n) is 10.9. The Morgan fingerprint density at radius 3 is 2.71 bits per heavy atom. The van der Waals surface area contributed by atoms with Gasteiger partial charge in [-0.05, 0) is 25.1 Å². The maximum Gasteiger partial charge on any atom is 0.313 e. The Morgan fingerprint density at radius 1 is 1.38 bits per heavy atom. The molecule has 0 amide bonds. The molecule has 0 aromatic heterocycles. The van der Waals surface area contributed by atoms with Crippen molar-refractivity contribution in [2.24, 2.45) is 0 Å². The predicted molar refractivity (Wildman–Crippen MR) is 75.2 cm³/mol. The highest BCUT2D eigenvalue weighted by molar-refractivity contribution is 6.30. The lowest BCUT2D eigenvalue weighted by molar-refractivity contribution is -0.385. The van der Waals surface area contributed by atoms with Gasteiger partial charge in [-0.2, -0.15) is 0 Å². The van der Waals surface area contributed by atoms with Gasteiger partial charge in [0.15, 0.2) is 11.6 Å². The number of rotatable bonds is 4. The van der Waals surface area contributed by atoms with Crippen LogP contribution in [0.4, 0.5) is 10.1 Å². The summed E-state index contributed by atoms with van der Waals surface area (Å²) < 4.78 is 19.2. The Kier molecular flexibility index (Phi) is 4.40. The normalized spacial score (nSPS) is 12.0. The second-order valence-corrected chi connectivity index (χ2v) is 4.74. The molecular formula is C14H11ClFNO4. The largest absolute Gasteiger partial charge is 0.447 e. The number of nitrogens with zero attached hydrogens (tertiary/aromatic N) is 1. The van der Waals surface area contributed by atoms with E-state index >= 15 is 0 Å². The van der Waals surface area contributed by atoms with Crippen molar-refractivity contribution < 1.29 is 19.2 Å². The van der Waals surface area contributed by atoms with Crippen molar-refractivity contribution in [3.63, 3.8) is 0 Å². The minimum absolute atomic E-state index is 0.156. The minimum Gasteiger partial charge on any atom is -0.447 e. The van der Waals surface area contributed by atoms with E-state index in [4.69, 9.17) is 16.3 Å². The smallest absolute Gasteiger partial charge is 0.313 e. The number of hydrogen-bond acceptors (Lipinski definition) is 4. The van der Waals surface area contributed by atoms with Crippen molar-refractivity contribution in [2.75, 3.05) is 0 Å². The van der Waals surface area contributed by atoms with Crippen molar-refractivity contribution in [1.29, 1.82) is 0 Å². The van der Waals surface area contributed by atoms with Gasteiger partial charge in [-0.3, -0.25) is 10.1 Å². The van der Waals surface area contributed by atoms with Crippen molar-refractivity contribution in [2.45, 2.75) is 13.0 Å². The number of halogens is 2. The molecule has 0 aliphatic carbocycles. The van der Waals surface area contributed by atoms with E-state index in [-0.39, 0.29) is 27.8 Å². The van der Waals surface area contributed by atoms with E-state index in [2.05, 4.69) is 0 Å². The first-order valence-electron chi connectivity index (χ1n) is 5.98. The molecule has 2 rings (SSSR count). The van der Waals surface area contributed by atoms with Crippen molar-refractivity contribution in [3.05, 3.63) is 62.9 Å². The van der Waals surface area contributed by atoms with Crippen LogP contribution in [0.3, 0.4) is 0 Å². The average molecular weight is 312 g/mol. The molecular weight excluding hydrogens is 301 g/mol. The summed E-state index contributed by atoms with van der Waals surface area (Å²) in [5.74, 6) is -1.13. The molecule has 1 N–H and O–H groups in total. The van der Waals surface area contributed by atoms with Crippen LogP contribution in [-0.4, -0.2) is 10.0 Å². The maximum atomic E-state index is 13.9. The van der Waals surface area contributed by atoms with Gasteiger partial charge in [-0.15, -0.1) is 0 Å². The lowest BCUT2D eigenvalue weighted by Crippen LogP contribution is -2.00. The van der Waals surface area contributed by atoms with E-state index in [1.807, 2.05) is 0 Å². The number of benzene rings is 2. The highest BCUT2D eigenvalue weighted by Crippen LogP contribution is 2.37. The molecule has 0 radical (unpaired) electrons. The summed E-state index contributed by atoms with van der Waals surface area (Å²) in [6.45, 7) is 1.44. The van der Waals surface area contributed by atoms with Crippen LogP contribution in [0.5, 0.6) is 11.5 Å². The van der Waals surface area contributed by atoms with Gasteiger partial charge in [0.1, 0.15) is 0 Å². The molecule has 7 heteroatoms. The molecule has 2 aromatic rings. The van der Waals surface area contributed by atoms with Crippen molar-refractivity contribution in [1.82, 2.24) is 0 Å². The summed E-state index contributed by atoms with van der Waals surface area (Å²) in [5, 5.41) is 20.8. The second kappa shape index (κ2) is 6.07. The summed E-state index contributed by atoms with van der Waals surface area (Å²) in [4.78, 5) is 10.3. The van der Waals surface area contributed by atoms with Gasteiger partial charge in [-0.25, -0.2) is 4.39 Å². The molecule has 0 saturated carbocycles. The Hall–Kier alpha value is -2.18. The van der Waals surface area contributed by atoms with E-state index in [1.54, 1.807) is 0 Å². The molecule has 2 aromatic carbocycles. The van der Waals surface area contributed by atoms with Crippen LogP contribution >= 0.6 is 11.6 Å². The molecule has 0 heterocycles. The molecule has 0 saturated heterocycles. The first-order chi connectivity index (χ1) is 9.90. The van der Waals surface area contributed by atoms with Crippen LogP contribution in [0, 0.1) is 15.9 Å². The summed E-state index contributed by atoms with van der Waals surface area (Å²) >= 11 is 5.70. The molecule has 0 aliphatic rings. The highest BCUT2D eigenvalue weighted by atomic mass is 35.5. The minimum atomic E-state index is -0.984. The number of nitro groups is 1. The predicted octanol–water partition coefficient (Wildman–Crippen LogP) is 4.23. The number of ether oxygens (including phenoxy) is 1. The fourth-order valence-electron chi connectivity index (χ4n) is 1.79. The number of aliphatic hydroxyl groups excluding tert-OH is 1. The van der Waals surface area contributed by atoms with Crippen LogP contribution < -0.4 is 4.74 Å². The second-order valence-electron chi connectivity index (χ2n) is 4.31. The van der Waals surface area contributed by atoms with E-state index in [1.165, 1.54) is 31.2 Å². The molecule has 0 bridgehead atoms. The Bertz CT molecular complexity index is 691. The van der Waals surface area contributed by atoms with E-state index in [0.717, 1.165) is 12.1 Å². The molecule has 0 unspecified atom stereocenters. The third kappa shape index (κ3) is 3.29. The third-order valence-electron chi connectivity index (χ3n) is 2.78. The van der Waals surface area contributed by atoms with E-state index < -0.39 is 16.8 Å². The van der Waals surface area contributed by atoms with E-state index in [9.17, 15) is 19.6 Å². The van der Waals surface area contributed by atoms with Crippen LogP contribution in [0.25, 0.3) is 0 Å². The average Bonchev–Trinajstić information content (AvgIpc) is 2.42. The van der Waals surface area contributed by atoms with Crippen LogP contribution in [-0.2, 0) is 0 Å². The Balaban J connectivity index is 2.51. The summed E-state index contributed by atoms with van der Waals surface area (Å²) in [7, 11) is 0. The lowest BCUT2D eigenvalue weighted by atomic mass is 10.1. The summed E-state index contributed by atoms with van der Waals surface area (Å²) in [6, 6.07) is 7.82. The van der Waals surface area contributed by atoms with Crippen LogP contribution in [0.1, 0.15) is 18.6 Å². The quantitative estimate of drug-likeness (QED) is 0.677. The fraction of sp³-hybridized carbons (Fsp3) is 0.143. The fourth-order valence-corrected chi connectivity index (χ4v) is 1.96. The monoisotopic (exact) mass is 311 g/mol. The Labute approximate surface area is 124 Å². The molecule has 5 nitrogen and oxygen atoms in total. The van der Waals surface area contributed by atoms with Gasteiger partial charge < -0.3 is 9.84 Å². The molecule has 110 valence electrons. The molecule has 0 spiro atoms. The van der Waals surface area contributed by atoms with Crippen molar-refractivity contribution >= 4 is 17.3 Å². The SMILES string of the molecule is C[C@H](O)c1cccc(F)c1Oc1ccc(Cl)cc1[N+](=O)[O-]. The first kappa shape index (κ1) is 15.2. The van der Waals surface area contributed by atoms with Gasteiger partial charge in [0.2, 0.25) is 5.75 Å². The number of hydrogen-bond donors (Lipinski definition) is 1. The summed E-state index contributed by atoms with van der Waals surface area (Å²) in [5.41, 5.74) is -0.193. The maximum absolute atomic E-state index is 13.9. The van der Waals surface area contributed by atoms with Crippen molar-refractivity contribution in [3.8, 4) is 11.5 Å². The first-order valence-corrected chi connectivity index (χ1v) is 6.36. The third-order valence-corrected chi connectivity index (χ3v) is 3.01. The zero-order chi connectivity index (χ0) is 15.6. The van der Waals surface area contributed by atoms with Gasteiger partial charge in [0.25, 0.3) is 0 Å². The number of para-hydroxylation sites is 1. The highest BCUT2D eigenvalue weighted by Gasteiger charge is 2.21. The molecule has 0 aliphatic heterocycles. The van der Waals surface area contributed by atoms with Crippen LogP contribution in [0.2, 0.25) is 5.02 Å². The molecule has 0 fully saturated rings. The standard InChI is InChI=1S/C14H11ClFNO4/c1-8(18)10-3-2-4-11(16)14(10)21-13-6-5-9(15)7-12(13)17(19)20/h2-8,18H,1H3/t8-/m0/s1. The molecule has 21 heavy (non-hydrogen) atoms. The van der Waals surface area contributed by atoms with Gasteiger partial charge in [-0.1, -0.05) is 23.7 Å². The Morgan fingerprint density at radius 2 is 2.10 bits per heavy atom. The summed E-state index contributed by atoms with van der Waals surface area (Å²) in [6.07, 6.45) is -0.984. The zero-order valence-corrected chi connectivity index (χ0v) is 11.7. The van der Waals surface area contributed by atoms with Gasteiger partial charge in [0.05, 0.1) is 11.0 Å². The lowest BCUT2D eigenvalue weighted by Gasteiger charge is -2.14. The van der Waals surface area contributed by atoms with Crippen LogP contribution in [0.15, 0.2) is 36.4 Å². The number of nitro benzene ring substituents is 1. The van der Waals surface area contributed by atoms with E-state index in [0.29, 0.717) is 0 Å². The molecule has 1 atom stereocenters. The van der Waals surface area contributed by atoms with Gasteiger partial charge >= 0.3 is 5.69 Å². The van der Waals surface area contributed by atoms with Gasteiger partial charge in [0, 0.05) is 16.7 Å². The topological polar surface area (TPSA) is 72.6 Å².